The van der Waals surface area contributed by atoms with Gasteiger partial charge in [0.05, 0.1) is 30.0 Å². The van der Waals surface area contributed by atoms with Crippen molar-refractivity contribution in [3.8, 4) is 45.4 Å². The van der Waals surface area contributed by atoms with E-state index in [4.69, 9.17) is 19.4 Å². The SMILES string of the molecule is COc1cccc(-c2ccnc3nc(-c4n[nH]c5ccc(-c6cncc(OCCN(C)C)c6)nc45)[nH]c23)c1. The van der Waals surface area contributed by atoms with Gasteiger partial charge in [0.15, 0.2) is 17.2 Å². The molecule has 5 aromatic heterocycles. The first-order valence-electron chi connectivity index (χ1n) is 12.2. The maximum absolute atomic E-state index is 5.86. The van der Waals surface area contributed by atoms with Crippen molar-refractivity contribution in [1.82, 2.24) is 40.0 Å². The molecule has 38 heavy (non-hydrogen) atoms. The Hall–Kier alpha value is -4.83. The normalized spacial score (nSPS) is 11.5. The summed E-state index contributed by atoms with van der Waals surface area (Å²) in [5.41, 5.74) is 7.11. The lowest BCUT2D eigenvalue weighted by Gasteiger charge is -2.11. The molecule has 0 fully saturated rings. The molecule has 6 rings (SSSR count). The van der Waals surface area contributed by atoms with Crippen LogP contribution in [0.25, 0.3) is 56.1 Å². The van der Waals surface area contributed by atoms with Crippen LogP contribution in [0.5, 0.6) is 11.5 Å². The van der Waals surface area contributed by atoms with Crippen LogP contribution in [-0.2, 0) is 0 Å². The lowest BCUT2D eigenvalue weighted by Crippen LogP contribution is -2.19. The summed E-state index contributed by atoms with van der Waals surface area (Å²) in [6.45, 7) is 1.40. The zero-order valence-corrected chi connectivity index (χ0v) is 21.3. The maximum atomic E-state index is 5.86. The van der Waals surface area contributed by atoms with Crippen LogP contribution >= 0.6 is 0 Å². The van der Waals surface area contributed by atoms with Crippen LogP contribution in [0.15, 0.2) is 67.1 Å². The van der Waals surface area contributed by atoms with Crippen LogP contribution in [0.3, 0.4) is 0 Å². The molecule has 10 heteroatoms. The summed E-state index contributed by atoms with van der Waals surface area (Å²) in [5.74, 6) is 2.06. The number of hydrogen-bond donors (Lipinski definition) is 2. The van der Waals surface area contributed by atoms with Crippen molar-refractivity contribution in [1.29, 1.82) is 0 Å². The quantitative estimate of drug-likeness (QED) is 0.308. The summed E-state index contributed by atoms with van der Waals surface area (Å²) >= 11 is 0. The number of rotatable bonds is 8. The monoisotopic (exact) mass is 506 g/mol. The van der Waals surface area contributed by atoms with Crippen molar-refractivity contribution in [2.75, 3.05) is 34.4 Å². The second-order valence-corrected chi connectivity index (χ2v) is 9.10. The Bertz CT molecular complexity index is 1740. The number of imidazole rings is 1. The number of nitrogens with zero attached hydrogens (tertiary/aromatic N) is 6. The Morgan fingerprint density at radius 2 is 1.84 bits per heavy atom. The molecule has 0 aliphatic carbocycles. The first kappa shape index (κ1) is 23.6. The van der Waals surface area contributed by atoms with Gasteiger partial charge in [-0.2, -0.15) is 5.10 Å². The molecule has 0 atom stereocenters. The number of aromatic amines is 2. The lowest BCUT2D eigenvalue weighted by molar-refractivity contribution is 0.261. The molecule has 0 saturated carbocycles. The van der Waals surface area contributed by atoms with E-state index in [1.807, 2.05) is 62.6 Å². The molecule has 0 saturated heterocycles. The number of nitrogens with one attached hydrogen (secondary N) is 2. The number of methoxy groups -OCH3 is 1. The van der Waals surface area contributed by atoms with Gasteiger partial charge in [-0.25, -0.2) is 15.0 Å². The van der Waals surface area contributed by atoms with Crippen molar-refractivity contribution in [3.05, 3.63) is 67.1 Å². The third kappa shape index (κ3) is 4.53. The Labute approximate surface area is 218 Å². The molecule has 0 unspecified atom stereocenters. The van der Waals surface area contributed by atoms with E-state index < -0.39 is 0 Å². The van der Waals surface area contributed by atoms with Gasteiger partial charge in [0.2, 0.25) is 0 Å². The van der Waals surface area contributed by atoms with Crippen LogP contribution < -0.4 is 9.47 Å². The molecule has 1 aromatic carbocycles. The van der Waals surface area contributed by atoms with Gasteiger partial charge in [-0.3, -0.25) is 10.1 Å². The molecule has 0 radical (unpaired) electrons. The van der Waals surface area contributed by atoms with Crippen molar-refractivity contribution in [2.45, 2.75) is 0 Å². The number of ether oxygens (including phenoxy) is 2. The third-order valence-corrected chi connectivity index (χ3v) is 6.22. The van der Waals surface area contributed by atoms with Crippen molar-refractivity contribution in [2.24, 2.45) is 0 Å². The highest BCUT2D eigenvalue weighted by Gasteiger charge is 2.17. The molecule has 6 aromatic rings. The van der Waals surface area contributed by atoms with Crippen LogP contribution in [0.4, 0.5) is 0 Å². The molecular formula is C28H26N8O2. The number of pyridine rings is 3. The van der Waals surface area contributed by atoms with Gasteiger partial charge in [0, 0.05) is 30.1 Å². The maximum Gasteiger partial charge on any atom is 0.178 e. The zero-order valence-electron chi connectivity index (χ0n) is 21.3. The van der Waals surface area contributed by atoms with E-state index in [9.17, 15) is 0 Å². The fourth-order valence-electron chi connectivity index (χ4n) is 4.26. The largest absolute Gasteiger partial charge is 0.497 e. The van der Waals surface area contributed by atoms with Crippen LogP contribution in [-0.4, -0.2) is 74.4 Å². The molecule has 0 aliphatic rings. The average Bonchev–Trinajstić information content (AvgIpc) is 3.56. The zero-order chi connectivity index (χ0) is 26.1. The number of hydrogen-bond acceptors (Lipinski definition) is 8. The summed E-state index contributed by atoms with van der Waals surface area (Å²) in [6.07, 6.45) is 5.24. The lowest BCUT2D eigenvalue weighted by atomic mass is 10.1. The first-order chi connectivity index (χ1) is 18.6. The number of aromatic nitrogens is 7. The minimum Gasteiger partial charge on any atom is -0.497 e. The topological polar surface area (TPSA) is 118 Å². The fraction of sp³-hybridized carbons (Fsp3) is 0.179. The molecule has 190 valence electrons. The molecule has 0 aliphatic heterocycles. The second kappa shape index (κ2) is 9.91. The van der Waals surface area contributed by atoms with Crippen LogP contribution in [0.1, 0.15) is 0 Å². The molecule has 10 nitrogen and oxygen atoms in total. The summed E-state index contributed by atoms with van der Waals surface area (Å²) in [7, 11) is 5.68. The van der Waals surface area contributed by atoms with E-state index in [1.54, 1.807) is 25.7 Å². The van der Waals surface area contributed by atoms with Crippen molar-refractivity contribution < 1.29 is 9.47 Å². The summed E-state index contributed by atoms with van der Waals surface area (Å²) in [4.78, 5) is 24.0. The Kier molecular flexibility index (Phi) is 6.14. The van der Waals surface area contributed by atoms with E-state index in [2.05, 4.69) is 30.0 Å². The predicted molar refractivity (Wildman–Crippen MR) is 146 cm³/mol. The number of fused-ring (bicyclic) bond motifs is 2. The number of H-pyrrole nitrogens is 2. The van der Waals surface area contributed by atoms with Gasteiger partial charge in [0.1, 0.15) is 23.6 Å². The molecule has 0 bridgehead atoms. The van der Waals surface area contributed by atoms with E-state index in [0.29, 0.717) is 35.0 Å². The molecule has 5 heterocycles. The van der Waals surface area contributed by atoms with Gasteiger partial charge in [-0.05, 0) is 56.1 Å². The molecule has 2 N–H and O–H groups in total. The van der Waals surface area contributed by atoms with E-state index in [1.165, 1.54) is 0 Å². The minimum atomic E-state index is 0.578. The highest BCUT2D eigenvalue weighted by Crippen LogP contribution is 2.32. The van der Waals surface area contributed by atoms with E-state index in [0.717, 1.165) is 45.7 Å². The Morgan fingerprint density at radius 1 is 0.947 bits per heavy atom. The summed E-state index contributed by atoms with van der Waals surface area (Å²) < 4.78 is 11.3. The second-order valence-electron chi connectivity index (χ2n) is 9.10. The van der Waals surface area contributed by atoms with E-state index in [-0.39, 0.29) is 0 Å². The summed E-state index contributed by atoms with van der Waals surface area (Å²) in [6, 6.07) is 15.7. The van der Waals surface area contributed by atoms with Crippen LogP contribution in [0.2, 0.25) is 0 Å². The fourth-order valence-corrected chi connectivity index (χ4v) is 4.26. The number of benzene rings is 1. The first-order valence-corrected chi connectivity index (χ1v) is 12.2. The smallest absolute Gasteiger partial charge is 0.178 e. The standard InChI is InChI=1S/C28H26N8O2/c1-36(2)11-12-38-20-14-18(15-29-16-20)22-7-8-23-25(31-22)26(35-34-23)28-32-24-21(9-10-30-27(24)33-28)17-5-4-6-19(13-17)37-3/h4-10,13-16H,11-12H2,1-3H3,(H,34,35)(H,30,32,33). The number of likely N-dealkylation sites (N-methyl/N-ethyl adjacent to an activating group) is 1. The molecular weight excluding hydrogens is 480 g/mol. The molecule has 0 spiro atoms. The van der Waals surface area contributed by atoms with Crippen molar-refractivity contribution >= 4 is 22.2 Å². The highest BCUT2D eigenvalue weighted by atomic mass is 16.5. The van der Waals surface area contributed by atoms with Crippen molar-refractivity contribution in [3.63, 3.8) is 0 Å². The highest BCUT2D eigenvalue weighted by molar-refractivity contribution is 5.95. The van der Waals surface area contributed by atoms with Gasteiger partial charge >= 0.3 is 0 Å². The van der Waals surface area contributed by atoms with Gasteiger partial charge in [0.25, 0.3) is 0 Å². The summed E-state index contributed by atoms with van der Waals surface area (Å²) in [5, 5.41) is 7.59. The Balaban J connectivity index is 1.37. The third-order valence-electron chi connectivity index (χ3n) is 6.22. The van der Waals surface area contributed by atoms with Crippen LogP contribution in [0, 0.1) is 0 Å². The van der Waals surface area contributed by atoms with Gasteiger partial charge in [-0.1, -0.05) is 12.1 Å². The predicted octanol–water partition coefficient (Wildman–Crippen LogP) is 4.57. The molecule has 0 amide bonds. The van der Waals surface area contributed by atoms with E-state index >= 15 is 0 Å². The Morgan fingerprint density at radius 3 is 2.71 bits per heavy atom. The average molecular weight is 507 g/mol. The van der Waals surface area contributed by atoms with Gasteiger partial charge in [-0.15, -0.1) is 0 Å². The minimum absolute atomic E-state index is 0.578. The van der Waals surface area contributed by atoms with Gasteiger partial charge < -0.3 is 19.4 Å².